The molecule has 0 bridgehead atoms. The molecule has 0 fully saturated rings. The summed E-state index contributed by atoms with van der Waals surface area (Å²) in [7, 11) is 1.82. The normalized spacial score (nSPS) is 13.3. The van der Waals surface area contributed by atoms with Gasteiger partial charge in [-0.2, -0.15) is 0 Å². The largest absolute Gasteiger partial charge is 0.356 e. The molecule has 6 nitrogen and oxygen atoms in total. The number of halogens is 1. The van der Waals surface area contributed by atoms with Crippen LogP contribution in [0.2, 0.25) is 0 Å². The van der Waals surface area contributed by atoms with Crippen LogP contribution in [0.4, 0.5) is 0 Å². The van der Waals surface area contributed by atoms with Gasteiger partial charge in [0, 0.05) is 26.2 Å². The topological polar surface area (TPSA) is 67.1 Å². The average molecular weight is 436 g/mol. The van der Waals surface area contributed by atoms with Crippen LogP contribution in [0.3, 0.4) is 0 Å². The summed E-state index contributed by atoms with van der Waals surface area (Å²) < 4.78 is 2.00. The van der Waals surface area contributed by atoms with Crippen molar-refractivity contribution in [3.63, 3.8) is 0 Å². The van der Waals surface area contributed by atoms with E-state index in [1.165, 1.54) is 6.42 Å². The lowest BCUT2D eigenvalue weighted by molar-refractivity contribution is 0.346. The van der Waals surface area contributed by atoms with Crippen molar-refractivity contribution < 1.29 is 0 Å². The number of unbranched alkanes of at least 4 members (excludes halogenated alkanes) is 1. The summed E-state index contributed by atoms with van der Waals surface area (Å²) in [6.07, 6.45) is 8.06. The van der Waals surface area contributed by atoms with Crippen molar-refractivity contribution in [1.82, 2.24) is 25.4 Å². The number of aliphatic imine (C=N–C) groups is 1. The van der Waals surface area contributed by atoms with Crippen molar-refractivity contribution in [2.24, 2.45) is 10.4 Å². The van der Waals surface area contributed by atoms with Crippen LogP contribution in [-0.2, 0) is 6.54 Å². The summed E-state index contributed by atoms with van der Waals surface area (Å²) in [5, 5.41) is 14.4. The number of nitrogens with one attached hydrogen (secondary N) is 2. The lowest BCUT2D eigenvalue weighted by atomic mass is 9.89. The Morgan fingerprint density at radius 2 is 1.87 bits per heavy atom. The zero-order valence-corrected chi connectivity index (χ0v) is 17.5. The van der Waals surface area contributed by atoms with Gasteiger partial charge in [0.05, 0.1) is 0 Å². The second-order valence-corrected chi connectivity index (χ2v) is 7.05. The highest BCUT2D eigenvalue weighted by Gasteiger charge is 2.13. The minimum absolute atomic E-state index is 0. The van der Waals surface area contributed by atoms with Crippen molar-refractivity contribution in [2.75, 3.05) is 13.6 Å². The van der Waals surface area contributed by atoms with Gasteiger partial charge in [-0.1, -0.05) is 20.8 Å². The van der Waals surface area contributed by atoms with Crippen LogP contribution in [0.25, 0.3) is 0 Å². The molecule has 1 rings (SSSR count). The van der Waals surface area contributed by atoms with Crippen LogP contribution in [-0.4, -0.2) is 40.4 Å². The standard InChI is InChI=1S/C16H32N6.HI/c1-14(8-9-16(2,3)4)21-15(17-5)18-10-6-7-11-22-12-19-20-13-22;/h12-14H,6-11H2,1-5H3,(H2,17,18,21);1H. The molecular formula is C16H33IN6. The molecule has 0 aromatic carbocycles. The highest BCUT2D eigenvalue weighted by Crippen LogP contribution is 2.21. The first kappa shape index (κ1) is 22.1. The van der Waals surface area contributed by atoms with Crippen LogP contribution < -0.4 is 10.6 Å². The minimum atomic E-state index is 0. The second kappa shape index (κ2) is 11.6. The second-order valence-electron chi connectivity index (χ2n) is 7.05. The summed E-state index contributed by atoms with van der Waals surface area (Å²) in [4.78, 5) is 4.29. The molecule has 1 unspecified atom stereocenters. The maximum atomic E-state index is 4.29. The van der Waals surface area contributed by atoms with Gasteiger partial charge in [-0.15, -0.1) is 34.2 Å². The molecule has 2 N–H and O–H groups in total. The van der Waals surface area contributed by atoms with E-state index in [1.807, 2.05) is 11.6 Å². The first-order chi connectivity index (χ1) is 10.4. The summed E-state index contributed by atoms with van der Waals surface area (Å²) in [6, 6.07) is 0.433. The van der Waals surface area contributed by atoms with Crippen LogP contribution in [0.5, 0.6) is 0 Å². The Balaban J connectivity index is 0.00000484. The van der Waals surface area contributed by atoms with Gasteiger partial charge in [-0.05, 0) is 38.0 Å². The highest BCUT2D eigenvalue weighted by molar-refractivity contribution is 14.0. The fourth-order valence-corrected chi connectivity index (χ4v) is 2.11. The molecule has 0 saturated heterocycles. The quantitative estimate of drug-likeness (QED) is 0.285. The molecule has 0 spiro atoms. The molecule has 0 aliphatic heterocycles. The van der Waals surface area contributed by atoms with E-state index >= 15 is 0 Å². The smallest absolute Gasteiger partial charge is 0.191 e. The molecule has 0 aliphatic rings. The zero-order valence-electron chi connectivity index (χ0n) is 15.2. The Morgan fingerprint density at radius 1 is 1.22 bits per heavy atom. The van der Waals surface area contributed by atoms with Crippen LogP contribution in [0.15, 0.2) is 17.6 Å². The lowest BCUT2D eigenvalue weighted by Crippen LogP contribution is -2.42. The van der Waals surface area contributed by atoms with E-state index < -0.39 is 0 Å². The van der Waals surface area contributed by atoms with Crippen molar-refractivity contribution in [3.8, 4) is 0 Å². The van der Waals surface area contributed by atoms with Gasteiger partial charge >= 0.3 is 0 Å². The summed E-state index contributed by atoms with van der Waals surface area (Å²) in [6.45, 7) is 10.9. The number of hydrogen-bond donors (Lipinski definition) is 2. The molecule has 7 heteroatoms. The van der Waals surface area contributed by atoms with Crippen molar-refractivity contribution in [2.45, 2.75) is 66.0 Å². The number of hydrogen-bond acceptors (Lipinski definition) is 3. The van der Waals surface area contributed by atoms with E-state index in [9.17, 15) is 0 Å². The number of aromatic nitrogens is 3. The Kier molecular flexibility index (Phi) is 11.2. The molecular weight excluding hydrogens is 403 g/mol. The molecule has 0 radical (unpaired) electrons. The van der Waals surface area contributed by atoms with Crippen LogP contribution in [0, 0.1) is 5.41 Å². The van der Waals surface area contributed by atoms with Gasteiger partial charge < -0.3 is 15.2 Å². The van der Waals surface area contributed by atoms with E-state index in [4.69, 9.17) is 0 Å². The molecule has 1 aromatic rings. The molecule has 1 heterocycles. The molecule has 1 atom stereocenters. The summed E-state index contributed by atoms with van der Waals surface area (Å²) in [5.74, 6) is 0.894. The predicted molar refractivity (Wildman–Crippen MR) is 107 cm³/mol. The predicted octanol–water partition coefficient (Wildman–Crippen LogP) is 3.06. The molecule has 0 amide bonds. The minimum Gasteiger partial charge on any atom is -0.356 e. The first-order valence-corrected chi connectivity index (χ1v) is 8.20. The Hall–Kier alpha value is -0.860. The van der Waals surface area contributed by atoms with E-state index in [2.05, 4.69) is 53.5 Å². The maximum Gasteiger partial charge on any atom is 0.191 e. The van der Waals surface area contributed by atoms with E-state index in [0.29, 0.717) is 11.5 Å². The highest BCUT2D eigenvalue weighted by atomic mass is 127. The number of nitrogens with zero attached hydrogens (tertiary/aromatic N) is 4. The fourth-order valence-electron chi connectivity index (χ4n) is 2.11. The third-order valence-electron chi connectivity index (χ3n) is 3.54. The number of aryl methyl sites for hydroxylation is 1. The van der Waals surface area contributed by atoms with Gasteiger partial charge in [0.25, 0.3) is 0 Å². The van der Waals surface area contributed by atoms with E-state index in [1.54, 1.807) is 12.7 Å². The monoisotopic (exact) mass is 436 g/mol. The van der Waals surface area contributed by atoms with Gasteiger partial charge in [-0.25, -0.2) is 0 Å². The van der Waals surface area contributed by atoms with E-state index in [0.717, 1.165) is 38.3 Å². The van der Waals surface area contributed by atoms with Gasteiger partial charge in [-0.3, -0.25) is 4.99 Å². The lowest BCUT2D eigenvalue weighted by Gasteiger charge is -2.23. The SMILES string of the molecule is CN=C(NCCCCn1cnnc1)NC(C)CCC(C)(C)C.I. The average Bonchev–Trinajstić information content (AvgIpc) is 2.96. The molecule has 0 saturated carbocycles. The van der Waals surface area contributed by atoms with Crippen molar-refractivity contribution in [1.29, 1.82) is 0 Å². The molecule has 23 heavy (non-hydrogen) atoms. The third-order valence-corrected chi connectivity index (χ3v) is 3.54. The van der Waals surface area contributed by atoms with Crippen LogP contribution >= 0.6 is 24.0 Å². The molecule has 1 aromatic heterocycles. The maximum absolute atomic E-state index is 4.29. The van der Waals surface area contributed by atoms with Crippen molar-refractivity contribution >= 4 is 29.9 Å². The van der Waals surface area contributed by atoms with Crippen LogP contribution in [0.1, 0.15) is 53.4 Å². The van der Waals surface area contributed by atoms with Gasteiger partial charge in [0.2, 0.25) is 0 Å². The molecule has 134 valence electrons. The third kappa shape index (κ3) is 11.3. The van der Waals surface area contributed by atoms with Gasteiger partial charge in [0.15, 0.2) is 5.96 Å². The van der Waals surface area contributed by atoms with E-state index in [-0.39, 0.29) is 24.0 Å². The molecule has 0 aliphatic carbocycles. The summed E-state index contributed by atoms with van der Waals surface area (Å²) in [5.41, 5.74) is 0.384. The van der Waals surface area contributed by atoms with Gasteiger partial charge in [0.1, 0.15) is 12.7 Å². The number of guanidine groups is 1. The first-order valence-electron chi connectivity index (χ1n) is 8.20. The number of rotatable bonds is 8. The Labute approximate surface area is 158 Å². The zero-order chi connectivity index (χ0) is 16.4. The fraction of sp³-hybridized carbons (Fsp3) is 0.812. The van der Waals surface area contributed by atoms with Crippen molar-refractivity contribution in [3.05, 3.63) is 12.7 Å². The Bertz CT molecular complexity index is 424. The Morgan fingerprint density at radius 3 is 2.43 bits per heavy atom. The summed E-state index contributed by atoms with van der Waals surface area (Å²) >= 11 is 0.